The summed E-state index contributed by atoms with van der Waals surface area (Å²) in [4.78, 5) is 0. The molecular weight excluding hydrogens is 752 g/mol. The lowest BCUT2D eigenvalue weighted by molar-refractivity contribution is -0.0147. The van der Waals surface area contributed by atoms with Crippen LogP contribution in [-0.4, -0.2) is 183 Å². The van der Waals surface area contributed by atoms with E-state index in [1.165, 1.54) is 0 Å². The van der Waals surface area contributed by atoms with Gasteiger partial charge in [0, 0.05) is 6.07 Å². The highest BCUT2D eigenvalue weighted by Crippen LogP contribution is 2.42. The molecule has 0 unspecified atom stereocenters. The SMILES string of the molecule is COc1cc(CCc2cc(OCCOCCOCCOCCOCCOCCO)cc(OCCOCCOCCOCCOCCOCCO)c2)cc2c1OCO2. The molecule has 2 aromatic carbocycles. The molecule has 1 heterocycles. The van der Waals surface area contributed by atoms with E-state index in [-0.39, 0.29) is 20.0 Å². The van der Waals surface area contributed by atoms with Crippen LogP contribution in [0.25, 0.3) is 0 Å². The van der Waals surface area contributed by atoms with E-state index in [1.807, 2.05) is 30.3 Å². The van der Waals surface area contributed by atoms with Gasteiger partial charge in [-0.05, 0) is 48.2 Å². The van der Waals surface area contributed by atoms with E-state index in [0.29, 0.717) is 174 Å². The zero-order valence-corrected chi connectivity index (χ0v) is 33.5. The summed E-state index contributed by atoms with van der Waals surface area (Å²) in [5.41, 5.74) is 2.11. The van der Waals surface area contributed by atoms with Crippen LogP contribution in [0.2, 0.25) is 0 Å². The molecule has 1 aliphatic heterocycles. The average molecular weight is 817 g/mol. The van der Waals surface area contributed by atoms with Crippen LogP contribution in [0.1, 0.15) is 11.1 Å². The van der Waals surface area contributed by atoms with E-state index in [0.717, 1.165) is 24.0 Å². The molecule has 0 amide bonds. The lowest BCUT2D eigenvalue weighted by atomic mass is 10.0. The second kappa shape index (κ2) is 33.9. The zero-order chi connectivity index (χ0) is 40.3. The van der Waals surface area contributed by atoms with E-state index < -0.39 is 0 Å². The minimum absolute atomic E-state index is 0.00957. The molecule has 57 heavy (non-hydrogen) atoms. The van der Waals surface area contributed by atoms with E-state index in [1.54, 1.807) is 7.11 Å². The summed E-state index contributed by atoms with van der Waals surface area (Å²) in [5, 5.41) is 17.3. The van der Waals surface area contributed by atoms with Gasteiger partial charge in [0.1, 0.15) is 24.7 Å². The molecule has 0 saturated heterocycles. The molecule has 17 heteroatoms. The molecule has 0 saturated carbocycles. The van der Waals surface area contributed by atoms with Gasteiger partial charge >= 0.3 is 0 Å². The van der Waals surface area contributed by atoms with Gasteiger partial charge in [0.05, 0.1) is 152 Å². The van der Waals surface area contributed by atoms with Gasteiger partial charge in [0.2, 0.25) is 12.5 Å². The monoisotopic (exact) mass is 816 g/mol. The summed E-state index contributed by atoms with van der Waals surface area (Å²) in [6, 6.07) is 9.84. The minimum atomic E-state index is 0.00957. The summed E-state index contributed by atoms with van der Waals surface area (Å²) in [5.74, 6) is 3.32. The highest BCUT2D eigenvalue weighted by molar-refractivity contribution is 5.55. The summed E-state index contributed by atoms with van der Waals surface area (Å²) in [6.07, 6.45) is 1.47. The number of hydrogen-bond acceptors (Lipinski definition) is 17. The Labute approximate surface area is 336 Å². The molecule has 326 valence electrons. The van der Waals surface area contributed by atoms with Crippen LogP contribution in [0.15, 0.2) is 30.3 Å². The normalized spacial score (nSPS) is 12.1. The van der Waals surface area contributed by atoms with Crippen molar-refractivity contribution in [3.05, 3.63) is 41.5 Å². The summed E-state index contributed by atoms with van der Waals surface area (Å²) >= 11 is 0. The Morgan fingerprint density at radius 3 is 1.14 bits per heavy atom. The van der Waals surface area contributed by atoms with Crippen molar-refractivity contribution in [2.24, 2.45) is 0 Å². The van der Waals surface area contributed by atoms with Gasteiger partial charge in [-0.25, -0.2) is 0 Å². The number of benzene rings is 2. The van der Waals surface area contributed by atoms with Crippen LogP contribution in [0, 0.1) is 0 Å². The summed E-state index contributed by atoms with van der Waals surface area (Å²) in [6.45, 7) is 9.72. The first kappa shape index (κ1) is 48.3. The smallest absolute Gasteiger partial charge is 0.231 e. The van der Waals surface area contributed by atoms with E-state index in [2.05, 4.69) is 0 Å². The van der Waals surface area contributed by atoms with Crippen molar-refractivity contribution in [3.8, 4) is 28.7 Å². The van der Waals surface area contributed by atoms with E-state index >= 15 is 0 Å². The first-order chi connectivity index (χ1) is 28.2. The number of methoxy groups -OCH3 is 1. The molecule has 2 N–H and O–H groups in total. The Balaban J connectivity index is 1.30. The van der Waals surface area contributed by atoms with Crippen molar-refractivity contribution < 1.29 is 81.3 Å². The number of hydrogen-bond donors (Lipinski definition) is 2. The molecule has 0 atom stereocenters. The fourth-order valence-electron chi connectivity index (χ4n) is 5.09. The highest BCUT2D eigenvalue weighted by Gasteiger charge is 2.20. The molecular formula is C40H64O17. The lowest BCUT2D eigenvalue weighted by Crippen LogP contribution is -2.15. The maximum absolute atomic E-state index is 8.66. The van der Waals surface area contributed by atoms with Crippen molar-refractivity contribution in [1.82, 2.24) is 0 Å². The summed E-state index contributed by atoms with van der Waals surface area (Å²) in [7, 11) is 1.62. The third-order valence-corrected chi connectivity index (χ3v) is 7.80. The molecule has 0 radical (unpaired) electrons. The minimum Gasteiger partial charge on any atom is -0.493 e. The lowest BCUT2D eigenvalue weighted by Gasteiger charge is -2.14. The quantitative estimate of drug-likeness (QED) is 0.0934. The first-order valence-corrected chi connectivity index (χ1v) is 19.6. The largest absolute Gasteiger partial charge is 0.493 e. The van der Waals surface area contributed by atoms with E-state index in [9.17, 15) is 0 Å². The average Bonchev–Trinajstić information content (AvgIpc) is 3.71. The number of aliphatic hydroxyl groups excluding tert-OH is 2. The van der Waals surface area contributed by atoms with Gasteiger partial charge < -0.3 is 81.3 Å². The van der Waals surface area contributed by atoms with Crippen LogP contribution in [0.5, 0.6) is 28.7 Å². The Bertz CT molecular complexity index is 1200. The number of aliphatic hydroxyl groups is 2. The van der Waals surface area contributed by atoms with Gasteiger partial charge in [0.15, 0.2) is 11.5 Å². The Hall–Kier alpha value is -3.04. The summed E-state index contributed by atoms with van der Waals surface area (Å²) < 4.78 is 83.3. The molecule has 1 aliphatic rings. The molecule has 3 rings (SSSR count). The molecule has 17 nitrogen and oxygen atoms in total. The van der Waals surface area contributed by atoms with Gasteiger partial charge in [-0.1, -0.05) is 0 Å². The van der Waals surface area contributed by atoms with Crippen LogP contribution in [-0.2, 0) is 60.2 Å². The van der Waals surface area contributed by atoms with Gasteiger partial charge in [-0.2, -0.15) is 0 Å². The molecule has 0 bridgehead atoms. The maximum Gasteiger partial charge on any atom is 0.231 e. The van der Waals surface area contributed by atoms with Crippen LogP contribution < -0.4 is 23.7 Å². The van der Waals surface area contributed by atoms with Crippen LogP contribution >= 0.6 is 0 Å². The molecule has 0 fully saturated rings. The predicted molar refractivity (Wildman–Crippen MR) is 206 cm³/mol. The fourth-order valence-corrected chi connectivity index (χ4v) is 5.09. The molecule has 0 spiro atoms. The van der Waals surface area contributed by atoms with Gasteiger partial charge in [0.25, 0.3) is 0 Å². The van der Waals surface area contributed by atoms with Gasteiger partial charge in [-0.3, -0.25) is 0 Å². The Morgan fingerprint density at radius 1 is 0.421 bits per heavy atom. The topological polar surface area (TPSA) is 179 Å². The highest BCUT2D eigenvalue weighted by atomic mass is 16.7. The van der Waals surface area contributed by atoms with Crippen molar-refractivity contribution in [2.45, 2.75) is 12.8 Å². The number of fused-ring (bicyclic) bond motifs is 1. The first-order valence-electron chi connectivity index (χ1n) is 19.6. The van der Waals surface area contributed by atoms with Crippen molar-refractivity contribution in [2.75, 3.05) is 172 Å². The Kier molecular flexibility index (Phi) is 28.7. The predicted octanol–water partition coefficient (Wildman–Crippen LogP) is 2.12. The number of rotatable bonds is 40. The van der Waals surface area contributed by atoms with Crippen molar-refractivity contribution >= 4 is 0 Å². The number of ether oxygens (including phenoxy) is 15. The third-order valence-electron chi connectivity index (χ3n) is 7.80. The number of aryl methyl sites for hydroxylation is 2. The third kappa shape index (κ3) is 23.8. The van der Waals surface area contributed by atoms with Crippen molar-refractivity contribution in [3.63, 3.8) is 0 Å². The fraction of sp³-hybridized carbons (Fsp3) is 0.700. The van der Waals surface area contributed by atoms with Crippen LogP contribution in [0.4, 0.5) is 0 Å². The van der Waals surface area contributed by atoms with Crippen molar-refractivity contribution in [1.29, 1.82) is 0 Å². The maximum atomic E-state index is 8.66. The molecule has 0 aromatic heterocycles. The van der Waals surface area contributed by atoms with Gasteiger partial charge in [-0.15, -0.1) is 0 Å². The zero-order valence-electron chi connectivity index (χ0n) is 33.5. The molecule has 0 aliphatic carbocycles. The van der Waals surface area contributed by atoms with Crippen LogP contribution in [0.3, 0.4) is 0 Å². The standard InChI is InChI=1S/C40H64O17/c1-43-38-30-35(31-39-40(38)57-33-56-39)3-2-34-28-36(54-26-24-52-22-20-50-18-16-48-14-12-46-10-8-44-6-4-41)32-37(29-34)55-27-25-53-23-21-51-19-17-49-15-13-47-11-9-45-7-5-42/h28-32,41-42H,2-27,33H2,1H3. The second-order valence-corrected chi connectivity index (χ2v) is 12.1. The molecule has 2 aromatic rings. The Morgan fingerprint density at radius 2 is 0.772 bits per heavy atom. The van der Waals surface area contributed by atoms with E-state index in [4.69, 9.17) is 81.3 Å². The second-order valence-electron chi connectivity index (χ2n) is 12.1.